The van der Waals surface area contributed by atoms with Crippen molar-refractivity contribution < 1.29 is 13.2 Å². The first kappa shape index (κ1) is 17.9. The summed E-state index contributed by atoms with van der Waals surface area (Å²) in [7, 11) is -3.81. The van der Waals surface area contributed by atoms with Crippen LogP contribution < -0.4 is 10.5 Å². The Hall–Kier alpha value is -1.91. The molecule has 1 atom stereocenters. The first-order chi connectivity index (χ1) is 11.8. The SMILES string of the molecule is Cc1nnc(S[C@H](C)C(=O)Nc2cccc(S(N)(=O)=O)c2)n1C1CC1. The van der Waals surface area contributed by atoms with Crippen molar-refractivity contribution in [1.29, 1.82) is 0 Å². The third kappa shape index (κ3) is 4.20. The van der Waals surface area contributed by atoms with Crippen molar-refractivity contribution in [3.63, 3.8) is 0 Å². The lowest BCUT2D eigenvalue weighted by Gasteiger charge is -2.13. The van der Waals surface area contributed by atoms with Crippen LogP contribution in [0.4, 0.5) is 5.69 Å². The van der Waals surface area contributed by atoms with E-state index >= 15 is 0 Å². The van der Waals surface area contributed by atoms with Crippen LogP contribution in [0, 0.1) is 6.92 Å². The third-order valence-electron chi connectivity index (χ3n) is 3.83. The van der Waals surface area contributed by atoms with E-state index in [0.29, 0.717) is 11.7 Å². The lowest BCUT2D eigenvalue weighted by molar-refractivity contribution is -0.115. The number of carbonyl (C=O) groups excluding carboxylic acids is 1. The van der Waals surface area contributed by atoms with E-state index in [-0.39, 0.29) is 10.8 Å². The maximum atomic E-state index is 12.4. The van der Waals surface area contributed by atoms with Crippen LogP contribution in [0.3, 0.4) is 0 Å². The lowest BCUT2D eigenvalue weighted by Crippen LogP contribution is -2.23. The smallest absolute Gasteiger partial charge is 0.238 e. The van der Waals surface area contributed by atoms with Gasteiger partial charge in [-0.25, -0.2) is 13.6 Å². The molecule has 25 heavy (non-hydrogen) atoms. The molecule has 0 bridgehead atoms. The van der Waals surface area contributed by atoms with Gasteiger partial charge in [0.1, 0.15) is 5.82 Å². The highest BCUT2D eigenvalue weighted by Crippen LogP contribution is 2.39. The summed E-state index contributed by atoms with van der Waals surface area (Å²) in [6.45, 7) is 3.67. The van der Waals surface area contributed by atoms with Gasteiger partial charge in [-0.1, -0.05) is 17.8 Å². The summed E-state index contributed by atoms with van der Waals surface area (Å²) in [6.07, 6.45) is 2.21. The summed E-state index contributed by atoms with van der Waals surface area (Å²) in [5.41, 5.74) is 0.379. The Morgan fingerprint density at radius 1 is 1.40 bits per heavy atom. The zero-order valence-corrected chi connectivity index (χ0v) is 15.5. The van der Waals surface area contributed by atoms with Crippen molar-refractivity contribution in [2.45, 2.75) is 48.0 Å². The summed E-state index contributed by atoms with van der Waals surface area (Å²) in [6, 6.07) is 6.28. The fraction of sp³-hybridized carbons (Fsp3) is 0.400. The number of primary sulfonamides is 1. The second-order valence-electron chi connectivity index (χ2n) is 5.95. The predicted octanol–water partition coefficient (Wildman–Crippen LogP) is 1.69. The summed E-state index contributed by atoms with van der Waals surface area (Å²) in [5, 5.41) is 16.4. The van der Waals surface area contributed by atoms with Crippen molar-refractivity contribution in [2.24, 2.45) is 5.14 Å². The number of anilines is 1. The molecule has 134 valence electrons. The van der Waals surface area contributed by atoms with Gasteiger partial charge in [0.25, 0.3) is 0 Å². The number of hydrogen-bond donors (Lipinski definition) is 2. The van der Waals surface area contributed by atoms with Crippen molar-refractivity contribution >= 4 is 33.4 Å². The van der Waals surface area contributed by atoms with Gasteiger partial charge in [-0.05, 0) is 44.9 Å². The number of amides is 1. The number of benzene rings is 1. The summed E-state index contributed by atoms with van der Waals surface area (Å²) in [5.74, 6) is 0.595. The van der Waals surface area contributed by atoms with E-state index in [1.165, 1.54) is 30.0 Å². The summed E-state index contributed by atoms with van der Waals surface area (Å²) >= 11 is 1.33. The Morgan fingerprint density at radius 2 is 2.12 bits per heavy atom. The molecule has 1 aromatic heterocycles. The standard InChI is InChI=1S/C15H19N5O3S2/c1-9(24-15-19-18-10(2)20(15)12-6-7-12)14(21)17-11-4-3-5-13(8-11)25(16,22)23/h3-5,8-9,12H,6-7H2,1-2H3,(H,17,21)(H2,16,22,23)/t9-/m1/s1. The lowest BCUT2D eigenvalue weighted by atomic mass is 10.3. The molecule has 8 nitrogen and oxygen atoms in total. The number of thioether (sulfide) groups is 1. The monoisotopic (exact) mass is 381 g/mol. The van der Waals surface area contributed by atoms with Gasteiger partial charge in [0.05, 0.1) is 10.1 Å². The molecular weight excluding hydrogens is 362 g/mol. The molecular formula is C15H19N5O3S2. The molecule has 3 rings (SSSR count). The molecule has 1 amide bonds. The quantitative estimate of drug-likeness (QED) is 0.735. The fourth-order valence-electron chi connectivity index (χ4n) is 2.39. The Morgan fingerprint density at radius 3 is 2.76 bits per heavy atom. The second-order valence-corrected chi connectivity index (χ2v) is 8.82. The molecule has 1 heterocycles. The number of hydrogen-bond acceptors (Lipinski definition) is 6. The molecule has 0 unspecified atom stereocenters. The molecule has 0 aliphatic heterocycles. The van der Waals surface area contributed by atoms with E-state index in [2.05, 4.69) is 20.1 Å². The van der Waals surface area contributed by atoms with Gasteiger partial charge < -0.3 is 9.88 Å². The van der Waals surface area contributed by atoms with Gasteiger partial charge in [0.15, 0.2) is 5.16 Å². The maximum absolute atomic E-state index is 12.4. The molecule has 1 aliphatic rings. The van der Waals surface area contributed by atoms with Crippen molar-refractivity contribution in [2.75, 3.05) is 5.32 Å². The van der Waals surface area contributed by atoms with Crippen LogP contribution in [0.1, 0.15) is 31.6 Å². The van der Waals surface area contributed by atoms with Crippen LogP contribution in [-0.4, -0.2) is 34.3 Å². The largest absolute Gasteiger partial charge is 0.325 e. The first-order valence-electron chi connectivity index (χ1n) is 7.77. The number of sulfonamides is 1. The Kier molecular flexibility index (Phi) is 4.85. The van der Waals surface area contributed by atoms with E-state index in [1.807, 2.05) is 6.92 Å². The third-order valence-corrected chi connectivity index (χ3v) is 5.80. The van der Waals surface area contributed by atoms with Crippen molar-refractivity contribution in [1.82, 2.24) is 14.8 Å². The highest BCUT2D eigenvalue weighted by atomic mass is 32.2. The number of rotatable bonds is 6. The number of carbonyl (C=O) groups is 1. The van der Waals surface area contributed by atoms with Gasteiger partial charge in [-0.2, -0.15) is 0 Å². The molecule has 0 saturated heterocycles. The number of nitrogens with zero attached hydrogens (tertiary/aromatic N) is 3. The van der Waals surface area contributed by atoms with E-state index in [4.69, 9.17) is 5.14 Å². The Bertz CT molecular complexity index is 906. The normalized spacial score (nSPS) is 15.8. The zero-order chi connectivity index (χ0) is 18.2. The van der Waals surface area contributed by atoms with Crippen LogP contribution in [-0.2, 0) is 14.8 Å². The minimum absolute atomic E-state index is 0.0466. The minimum atomic E-state index is -3.81. The van der Waals surface area contributed by atoms with Crippen molar-refractivity contribution in [3.8, 4) is 0 Å². The Labute approximate surface area is 150 Å². The van der Waals surface area contributed by atoms with Gasteiger partial charge in [0.2, 0.25) is 15.9 Å². The first-order valence-corrected chi connectivity index (χ1v) is 10.2. The van der Waals surface area contributed by atoms with E-state index in [9.17, 15) is 13.2 Å². The van der Waals surface area contributed by atoms with Crippen LogP contribution >= 0.6 is 11.8 Å². The molecule has 3 N–H and O–H groups in total. The molecule has 10 heteroatoms. The van der Waals surface area contributed by atoms with E-state index < -0.39 is 15.3 Å². The maximum Gasteiger partial charge on any atom is 0.238 e. The van der Waals surface area contributed by atoms with Crippen molar-refractivity contribution in [3.05, 3.63) is 30.1 Å². The van der Waals surface area contributed by atoms with Crippen LogP contribution in [0.2, 0.25) is 0 Å². The zero-order valence-electron chi connectivity index (χ0n) is 13.8. The highest BCUT2D eigenvalue weighted by Gasteiger charge is 2.29. The average molecular weight is 381 g/mol. The molecule has 1 aromatic carbocycles. The van der Waals surface area contributed by atoms with Gasteiger partial charge in [-0.3, -0.25) is 4.79 Å². The molecule has 1 fully saturated rings. The molecule has 0 spiro atoms. The van der Waals surface area contributed by atoms with Crippen LogP contribution in [0.5, 0.6) is 0 Å². The topological polar surface area (TPSA) is 120 Å². The molecule has 0 radical (unpaired) electrons. The van der Waals surface area contributed by atoms with Gasteiger partial charge >= 0.3 is 0 Å². The molecule has 1 aliphatic carbocycles. The highest BCUT2D eigenvalue weighted by molar-refractivity contribution is 8.00. The fourth-order valence-corrected chi connectivity index (χ4v) is 3.91. The van der Waals surface area contributed by atoms with Crippen LogP contribution in [0.25, 0.3) is 0 Å². The second kappa shape index (κ2) is 6.77. The van der Waals surface area contributed by atoms with E-state index in [1.54, 1.807) is 13.0 Å². The molecule has 2 aromatic rings. The predicted molar refractivity (Wildman–Crippen MR) is 94.8 cm³/mol. The van der Waals surface area contributed by atoms with E-state index in [0.717, 1.165) is 23.8 Å². The number of aromatic nitrogens is 3. The van der Waals surface area contributed by atoms with Crippen LogP contribution in [0.15, 0.2) is 34.3 Å². The van der Waals surface area contributed by atoms with Gasteiger partial charge in [0, 0.05) is 11.7 Å². The van der Waals surface area contributed by atoms with Gasteiger partial charge in [-0.15, -0.1) is 10.2 Å². The number of nitrogens with two attached hydrogens (primary N) is 1. The Balaban J connectivity index is 1.69. The minimum Gasteiger partial charge on any atom is -0.325 e. The number of nitrogens with one attached hydrogen (secondary N) is 1. The number of aryl methyl sites for hydroxylation is 1. The average Bonchev–Trinajstić information content (AvgIpc) is 3.31. The summed E-state index contributed by atoms with van der Waals surface area (Å²) in [4.78, 5) is 12.4. The summed E-state index contributed by atoms with van der Waals surface area (Å²) < 4.78 is 24.9. The molecule has 1 saturated carbocycles.